The summed E-state index contributed by atoms with van der Waals surface area (Å²) >= 11 is 2.07. The van der Waals surface area contributed by atoms with Crippen molar-refractivity contribution in [2.24, 2.45) is 11.8 Å². The van der Waals surface area contributed by atoms with Crippen LogP contribution in [0.5, 0.6) is 0 Å². The number of nitrogens with two attached hydrogens (primary N) is 1. The highest BCUT2D eigenvalue weighted by atomic mass is 32.2. The standard InChI is InChI=1S/C11H20N2S/c12-13-11(10-6-7-14-8-10)9-4-2-1-3-5-9/h4,10-11,13H,1-3,5-8,12H2. The largest absolute Gasteiger partial charge is 0.271 e. The number of nitrogens with one attached hydrogen (secondary N) is 1. The molecule has 0 radical (unpaired) electrons. The topological polar surface area (TPSA) is 38.0 Å². The van der Waals surface area contributed by atoms with Gasteiger partial charge in [0.05, 0.1) is 0 Å². The van der Waals surface area contributed by atoms with E-state index in [4.69, 9.17) is 5.84 Å². The Kier molecular flexibility index (Phi) is 3.90. The molecule has 2 atom stereocenters. The van der Waals surface area contributed by atoms with Crippen LogP contribution >= 0.6 is 11.8 Å². The number of hydrazine groups is 1. The average molecular weight is 212 g/mol. The zero-order valence-electron chi connectivity index (χ0n) is 8.67. The molecular formula is C11H20N2S. The summed E-state index contributed by atoms with van der Waals surface area (Å²) in [5.41, 5.74) is 4.61. The molecule has 0 amide bonds. The maximum Gasteiger partial charge on any atom is 0.0456 e. The van der Waals surface area contributed by atoms with Crippen molar-refractivity contribution in [1.82, 2.24) is 5.43 Å². The highest BCUT2D eigenvalue weighted by Crippen LogP contribution is 2.32. The van der Waals surface area contributed by atoms with Gasteiger partial charge in [-0.3, -0.25) is 11.3 Å². The molecule has 1 aliphatic heterocycles. The molecule has 14 heavy (non-hydrogen) atoms. The van der Waals surface area contributed by atoms with E-state index in [0.717, 1.165) is 5.92 Å². The van der Waals surface area contributed by atoms with E-state index in [1.807, 2.05) is 0 Å². The lowest BCUT2D eigenvalue weighted by atomic mass is 9.86. The molecule has 1 aliphatic carbocycles. The van der Waals surface area contributed by atoms with E-state index < -0.39 is 0 Å². The predicted octanol–water partition coefficient (Wildman–Crippen LogP) is 2.07. The Labute approximate surface area is 90.7 Å². The molecule has 2 aliphatic rings. The highest BCUT2D eigenvalue weighted by Gasteiger charge is 2.27. The Bertz CT molecular complexity index is 209. The third-order valence-corrected chi connectivity index (χ3v) is 4.53. The van der Waals surface area contributed by atoms with Gasteiger partial charge in [0.1, 0.15) is 0 Å². The Morgan fingerprint density at radius 2 is 2.43 bits per heavy atom. The molecule has 0 saturated carbocycles. The normalized spacial score (nSPS) is 30.1. The third kappa shape index (κ3) is 2.33. The van der Waals surface area contributed by atoms with Crippen LogP contribution in [0, 0.1) is 5.92 Å². The number of hydrogen-bond acceptors (Lipinski definition) is 3. The van der Waals surface area contributed by atoms with Gasteiger partial charge in [0.15, 0.2) is 0 Å². The zero-order valence-corrected chi connectivity index (χ0v) is 9.48. The van der Waals surface area contributed by atoms with Gasteiger partial charge in [-0.2, -0.15) is 11.8 Å². The van der Waals surface area contributed by atoms with E-state index in [1.54, 1.807) is 5.57 Å². The van der Waals surface area contributed by atoms with Crippen molar-refractivity contribution in [1.29, 1.82) is 0 Å². The van der Waals surface area contributed by atoms with Crippen LogP contribution in [0.2, 0.25) is 0 Å². The maximum atomic E-state index is 5.68. The summed E-state index contributed by atoms with van der Waals surface area (Å²) in [5.74, 6) is 9.06. The van der Waals surface area contributed by atoms with Crippen LogP contribution in [0.1, 0.15) is 32.1 Å². The minimum absolute atomic E-state index is 0.463. The number of hydrogen-bond donors (Lipinski definition) is 2. The van der Waals surface area contributed by atoms with E-state index in [2.05, 4.69) is 23.3 Å². The monoisotopic (exact) mass is 212 g/mol. The molecule has 0 aromatic carbocycles. The van der Waals surface area contributed by atoms with Crippen molar-refractivity contribution < 1.29 is 0 Å². The number of thioether (sulfide) groups is 1. The smallest absolute Gasteiger partial charge is 0.0456 e. The Morgan fingerprint density at radius 1 is 1.50 bits per heavy atom. The van der Waals surface area contributed by atoms with E-state index in [1.165, 1.54) is 43.6 Å². The lowest BCUT2D eigenvalue weighted by Crippen LogP contribution is -2.42. The second-order valence-electron chi connectivity index (χ2n) is 4.29. The Hall–Kier alpha value is 0.01000. The zero-order chi connectivity index (χ0) is 9.80. The molecule has 0 aromatic rings. The molecule has 1 saturated heterocycles. The van der Waals surface area contributed by atoms with Crippen LogP contribution in [0.25, 0.3) is 0 Å². The van der Waals surface area contributed by atoms with Crippen LogP contribution in [-0.4, -0.2) is 17.5 Å². The second kappa shape index (κ2) is 5.19. The van der Waals surface area contributed by atoms with Crippen molar-refractivity contribution >= 4 is 11.8 Å². The molecule has 2 rings (SSSR count). The van der Waals surface area contributed by atoms with Crippen LogP contribution in [0.3, 0.4) is 0 Å². The quantitative estimate of drug-likeness (QED) is 0.427. The van der Waals surface area contributed by atoms with Crippen LogP contribution in [0.15, 0.2) is 11.6 Å². The molecule has 3 N–H and O–H groups in total. The van der Waals surface area contributed by atoms with Gasteiger partial charge >= 0.3 is 0 Å². The summed E-state index contributed by atoms with van der Waals surface area (Å²) in [4.78, 5) is 0. The van der Waals surface area contributed by atoms with Gasteiger partial charge in [0.25, 0.3) is 0 Å². The van der Waals surface area contributed by atoms with Gasteiger partial charge in [0.2, 0.25) is 0 Å². The SMILES string of the molecule is NNC(C1=CCCCC1)C1CCSC1. The van der Waals surface area contributed by atoms with Gasteiger partial charge < -0.3 is 0 Å². The summed E-state index contributed by atoms with van der Waals surface area (Å²) in [7, 11) is 0. The minimum atomic E-state index is 0.463. The van der Waals surface area contributed by atoms with Gasteiger partial charge in [-0.05, 0) is 49.5 Å². The van der Waals surface area contributed by atoms with Gasteiger partial charge in [0, 0.05) is 6.04 Å². The third-order valence-electron chi connectivity index (χ3n) is 3.34. The van der Waals surface area contributed by atoms with Crippen molar-refractivity contribution in [2.45, 2.75) is 38.1 Å². The molecule has 0 spiro atoms. The van der Waals surface area contributed by atoms with E-state index in [-0.39, 0.29) is 0 Å². The summed E-state index contributed by atoms with van der Waals surface area (Å²) in [6, 6.07) is 0.463. The van der Waals surface area contributed by atoms with E-state index in [0.29, 0.717) is 6.04 Å². The molecule has 0 bridgehead atoms. The number of rotatable bonds is 3. The fourth-order valence-electron chi connectivity index (χ4n) is 2.51. The fourth-order valence-corrected chi connectivity index (χ4v) is 3.80. The summed E-state index contributed by atoms with van der Waals surface area (Å²) in [6.45, 7) is 0. The van der Waals surface area contributed by atoms with Crippen molar-refractivity contribution in [3.05, 3.63) is 11.6 Å². The van der Waals surface area contributed by atoms with Crippen LogP contribution in [0.4, 0.5) is 0 Å². The van der Waals surface area contributed by atoms with E-state index in [9.17, 15) is 0 Å². The Balaban J connectivity index is 1.99. The number of allylic oxidation sites excluding steroid dienone is 1. The van der Waals surface area contributed by atoms with E-state index >= 15 is 0 Å². The van der Waals surface area contributed by atoms with Crippen molar-refractivity contribution in [3.63, 3.8) is 0 Å². The molecule has 3 heteroatoms. The molecule has 1 heterocycles. The summed E-state index contributed by atoms with van der Waals surface area (Å²) < 4.78 is 0. The first-order chi connectivity index (χ1) is 6.92. The first kappa shape index (κ1) is 10.5. The molecule has 0 aromatic heterocycles. The Morgan fingerprint density at radius 3 is 3.00 bits per heavy atom. The molecule has 2 unspecified atom stereocenters. The van der Waals surface area contributed by atoms with Crippen LogP contribution in [-0.2, 0) is 0 Å². The second-order valence-corrected chi connectivity index (χ2v) is 5.44. The fraction of sp³-hybridized carbons (Fsp3) is 0.818. The molecule has 2 nitrogen and oxygen atoms in total. The summed E-state index contributed by atoms with van der Waals surface area (Å²) in [5, 5.41) is 0. The molecule has 80 valence electrons. The van der Waals surface area contributed by atoms with Gasteiger partial charge in [-0.15, -0.1) is 0 Å². The van der Waals surface area contributed by atoms with Gasteiger partial charge in [-0.1, -0.05) is 11.6 Å². The van der Waals surface area contributed by atoms with Crippen molar-refractivity contribution in [2.75, 3.05) is 11.5 Å². The first-order valence-electron chi connectivity index (χ1n) is 5.64. The lowest BCUT2D eigenvalue weighted by molar-refractivity contribution is 0.415. The highest BCUT2D eigenvalue weighted by molar-refractivity contribution is 7.99. The predicted molar refractivity (Wildman–Crippen MR) is 63.1 cm³/mol. The van der Waals surface area contributed by atoms with Crippen LogP contribution < -0.4 is 11.3 Å². The molecular weight excluding hydrogens is 192 g/mol. The van der Waals surface area contributed by atoms with Gasteiger partial charge in [-0.25, -0.2) is 0 Å². The minimum Gasteiger partial charge on any atom is -0.271 e. The first-order valence-corrected chi connectivity index (χ1v) is 6.80. The maximum absolute atomic E-state index is 5.68. The molecule has 1 fully saturated rings. The van der Waals surface area contributed by atoms with Crippen molar-refractivity contribution in [3.8, 4) is 0 Å². The lowest BCUT2D eigenvalue weighted by Gasteiger charge is -2.27. The average Bonchev–Trinajstić information content (AvgIpc) is 2.74. The summed E-state index contributed by atoms with van der Waals surface area (Å²) in [6.07, 6.45) is 8.97.